The van der Waals surface area contributed by atoms with Gasteiger partial charge in [-0.25, -0.2) is 4.98 Å². The Kier molecular flexibility index (Phi) is 2.25. The zero-order chi connectivity index (χ0) is 9.26. The highest BCUT2D eigenvalue weighted by molar-refractivity contribution is 6.35. The Hall–Kier alpha value is -0.990. The van der Waals surface area contributed by atoms with Crippen molar-refractivity contribution < 1.29 is 4.42 Å². The number of oxazole rings is 1. The molecular weight excluding hydrogens is 209 g/mol. The lowest BCUT2D eigenvalue weighted by Gasteiger charge is -1.97. The zero-order valence-corrected chi connectivity index (χ0v) is 7.93. The Morgan fingerprint density at radius 3 is 2.38 bits per heavy atom. The topological polar surface area (TPSA) is 26.0 Å². The summed E-state index contributed by atoms with van der Waals surface area (Å²) in [5.74, 6) is 0. The summed E-state index contributed by atoms with van der Waals surface area (Å²) in [5.41, 5.74) is 1.49. The summed E-state index contributed by atoms with van der Waals surface area (Å²) in [6.07, 6.45) is 3.84. The van der Waals surface area contributed by atoms with E-state index in [2.05, 4.69) is 11.4 Å². The van der Waals surface area contributed by atoms with Gasteiger partial charge in [0, 0.05) is 15.6 Å². The van der Waals surface area contributed by atoms with Crippen LogP contribution in [0.1, 0.15) is 0 Å². The van der Waals surface area contributed by atoms with E-state index in [1.54, 1.807) is 18.2 Å². The second kappa shape index (κ2) is 3.40. The molecule has 1 aromatic heterocycles. The lowest BCUT2D eigenvalue weighted by molar-refractivity contribution is 0.548. The van der Waals surface area contributed by atoms with Crippen LogP contribution in [0.5, 0.6) is 0 Å². The molecule has 2 aromatic rings. The average Bonchev–Trinajstić information content (AvgIpc) is 2.53. The van der Waals surface area contributed by atoms with Gasteiger partial charge in [-0.1, -0.05) is 23.2 Å². The van der Waals surface area contributed by atoms with Crippen molar-refractivity contribution in [3.05, 3.63) is 40.9 Å². The van der Waals surface area contributed by atoms with Crippen LogP contribution in [0.2, 0.25) is 10.0 Å². The quantitative estimate of drug-likeness (QED) is 0.724. The third-order valence-electron chi connectivity index (χ3n) is 1.55. The Morgan fingerprint density at radius 1 is 1.15 bits per heavy atom. The molecule has 0 amide bonds. The van der Waals surface area contributed by atoms with Crippen molar-refractivity contribution in [3.8, 4) is 11.3 Å². The third kappa shape index (κ3) is 1.85. The maximum atomic E-state index is 5.81. The Morgan fingerprint density at radius 2 is 1.85 bits per heavy atom. The van der Waals surface area contributed by atoms with E-state index >= 15 is 0 Å². The molecule has 0 saturated carbocycles. The summed E-state index contributed by atoms with van der Waals surface area (Å²) in [6, 6.07) is 5.19. The molecule has 0 atom stereocenters. The second-order valence-electron chi connectivity index (χ2n) is 2.48. The molecule has 1 radical (unpaired) electrons. The lowest BCUT2D eigenvalue weighted by atomic mass is 10.2. The fourth-order valence-corrected chi connectivity index (χ4v) is 1.54. The first-order chi connectivity index (χ1) is 6.25. The molecule has 1 aromatic carbocycles. The number of rotatable bonds is 1. The molecule has 65 valence electrons. The molecule has 2 nitrogen and oxygen atoms in total. The summed E-state index contributed by atoms with van der Waals surface area (Å²) in [7, 11) is 0. The van der Waals surface area contributed by atoms with E-state index in [4.69, 9.17) is 27.6 Å². The molecule has 0 aliphatic heterocycles. The monoisotopic (exact) mass is 212 g/mol. The van der Waals surface area contributed by atoms with Crippen LogP contribution in [0, 0.1) is 6.39 Å². The molecule has 0 spiro atoms. The number of nitrogens with zero attached hydrogens (tertiary/aromatic N) is 1. The molecule has 0 fully saturated rings. The Labute approximate surface area is 85.1 Å². The molecule has 0 unspecified atom stereocenters. The van der Waals surface area contributed by atoms with Crippen molar-refractivity contribution in [1.82, 2.24) is 4.98 Å². The van der Waals surface area contributed by atoms with E-state index in [-0.39, 0.29) is 0 Å². The maximum Gasteiger partial charge on any atom is 0.284 e. The predicted octanol–water partition coefficient (Wildman–Crippen LogP) is 3.45. The second-order valence-corrected chi connectivity index (χ2v) is 3.36. The molecule has 2 rings (SSSR count). The van der Waals surface area contributed by atoms with Crippen LogP contribution >= 0.6 is 23.2 Å². The van der Waals surface area contributed by atoms with Gasteiger partial charge in [-0.3, -0.25) is 0 Å². The first-order valence-corrected chi connectivity index (χ1v) is 4.29. The van der Waals surface area contributed by atoms with Crippen LogP contribution in [0.25, 0.3) is 11.3 Å². The molecule has 0 saturated heterocycles. The normalized spacial score (nSPS) is 10.3. The van der Waals surface area contributed by atoms with Gasteiger partial charge in [0.05, 0.1) is 0 Å². The average molecular weight is 213 g/mol. The van der Waals surface area contributed by atoms with E-state index in [1.807, 2.05) is 0 Å². The summed E-state index contributed by atoms with van der Waals surface area (Å²) < 4.78 is 4.73. The van der Waals surface area contributed by atoms with Gasteiger partial charge in [0.15, 0.2) is 0 Å². The lowest BCUT2D eigenvalue weighted by Crippen LogP contribution is -1.77. The van der Waals surface area contributed by atoms with Crippen molar-refractivity contribution in [2.24, 2.45) is 0 Å². The molecular formula is C9H4Cl2NO. The SMILES string of the molecule is Clc1cc(Cl)cc(-c2co[c]n2)c1. The predicted molar refractivity (Wildman–Crippen MR) is 50.8 cm³/mol. The summed E-state index contributed by atoms with van der Waals surface area (Å²) in [5, 5.41) is 1.15. The summed E-state index contributed by atoms with van der Waals surface area (Å²) in [6.45, 7) is 0. The minimum Gasteiger partial charge on any atom is -0.440 e. The molecule has 0 N–H and O–H groups in total. The molecule has 1 heterocycles. The molecule has 0 bridgehead atoms. The fourth-order valence-electron chi connectivity index (χ4n) is 1.02. The van der Waals surface area contributed by atoms with Gasteiger partial charge in [0.2, 0.25) is 0 Å². The minimum absolute atomic E-state index is 0.575. The number of hydrogen-bond acceptors (Lipinski definition) is 2. The summed E-state index contributed by atoms with van der Waals surface area (Å²) >= 11 is 11.6. The van der Waals surface area contributed by atoms with Gasteiger partial charge in [-0.2, -0.15) is 0 Å². The number of halogens is 2. The van der Waals surface area contributed by atoms with Gasteiger partial charge in [0.1, 0.15) is 12.0 Å². The molecule has 0 aliphatic carbocycles. The van der Waals surface area contributed by atoms with Crippen molar-refractivity contribution in [3.63, 3.8) is 0 Å². The van der Waals surface area contributed by atoms with E-state index in [1.165, 1.54) is 6.26 Å². The largest absolute Gasteiger partial charge is 0.440 e. The standard InChI is InChI=1S/C9H4Cl2NO/c10-7-1-6(2-8(11)3-7)9-4-13-5-12-9/h1-4H. The zero-order valence-electron chi connectivity index (χ0n) is 6.42. The van der Waals surface area contributed by atoms with Crippen molar-refractivity contribution in [1.29, 1.82) is 0 Å². The first kappa shape index (κ1) is 8.60. The number of hydrogen-bond donors (Lipinski definition) is 0. The van der Waals surface area contributed by atoms with Crippen LogP contribution in [0.4, 0.5) is 0 Å². The van der Waals surface area contributed by atoms with Crippen molar-refractivity contribution in [2.45, 2.75) is 0 Å². The highest BCUT2D eigenvalue weighted by atomic mass is 35.5. The molecule has 4 heteroatoms. The van der Waals surface area contributed by atoms with Crippen LogP contribution in [0.3, 0.4) is 0 Å². The molecule has 13 heavy (non-hydrogen) atoms. The van der Waals surface area contributed by atoms with Crippen LogP contribution < -0.4 is 0 Å². The Balaban J connectivity index is 2.53. The smallest absolute Gasteiger partial charge is 0.284 e. The summed E-state index contributed by atoms with van der Waals surface area (Å²) in [4.78, 5) is 3.86. The number of benzene rings is 1. The van der Waals surface area contributed by atoms with E-state index in [0.29, 0.717) is 15.7 Å². The van der Waals surface area contributed by atoms with Gasteiger partial charge in [-0.05, 0) is 18.2 Å². The van der Waals surface area contributed by atoms with Gasteiger partial charge in [0.25, 0.3) is 6.39 Å². The Bertz CT molecular complexity index is 391. The highest BCUT2D eigenvalue weighted by Gasteiger charge is 2.03. The number of aromatic nitrogens is 1. The third-order valence-corrected chi connectivity index (χ3v) is 1.98. The first-order valence-electron chi connectivity index (χ1n) is 3.54. The van der Waals surface area contributed by atoms with E-state index in [0.717, 1.165) is 5.56 Å². The van der Waals surface area contributed by atoms with Crippen molar-refractivity contribution >= 4 is 23.2 Å². The fraction of sp³-hybridized carbons (Fsp3) is 0. The van der Waals surface area contributed by atoms with Crippen molar-refractivity contribution in [2.75, 3.05) is 0 Å². The minimum atomic E-state index is 0.575. The van der Waals surface area contributed by atoms with Crippen LogP contribution in [-0.2, 0) is 0 Å². The van der Waals surface area contributed by atoms with E-state index in [9.17, 15) is 0 Å². The van der Waals surface area contributed by atoms with E-state index < -0.39 is 0 Å². The van der Waals surface area contributed by atoms with Crippen LogP contribution in [-0.4, -0.2) is 4.98 Å². The maximum absolute atomic E-state index is 5.81. The van der Waals surface area contributed by atoms with Gasteiger partial charge >= 0.3 is 0 Å². The van der Waals surface area contributed by atoms with Gasteiger partial charge in [-0.15, -0.1) is 0 Å². The molecule has 0 aliphatic rings. The highest BCUT2D eigenvalue weighted by Crippen LogP contribution is 2.25. The van der Waals surface area contributed by atoms with Crippen LogP contribution in [0.15, 0.2) is 28.9 Å². The van der Waals surface area contributed by atoms with Gasteiger partial charge < -0.3 is 4.42 Å².